The van der Waals surface area contributed by atoms with Gasteiger partial charge in [0, 0.05) is 29.4 Å². The highest BCUT2D eigenvalue weighted by atomic mass is 35.5. The topological polar surface area (TPSA) is 49.4 Å². The van der Waals surface area contributed by atoms with E-state index >= 15 is 0 Å². The second-order valence-corrected chi connectivity index (χ2v) is 6.08. The molecule has 116 valence electrons. The normalized spacial score (nSPS) is 10.3. The summed E-state index contributed by atoms with van der Waals surface area (Å²) in [5.74, 6) is 0.564. The number of thioether (sulfide) groups is 1. The maximum atomic E-state index is 12.1. The Kier molecular flexibility index (Phi) is 7.61. The molecule has 0 heterocycles. The fourth-order valence-corrected chi connectivity index (χ4v) is 2.37. The zero-order valence-electron chi connectivity index (χ0n) is 12.6. The number of aryl methyl sites for hydroxylation is 1. The van der Waals surface area contributed by atoms with Crippen molar-refractivity contribution in [3.63, 3.8) is 0 Å². The Morgan fingerprint density at radius 3 is 2.71 bits per heavy atom. The molecule has 0 fully saturated rings. The van der Waals surface area contributed by atoms with Crippen LogP contribution in [-0.2, 0) is 9.59 Å². The predicted octanol–water partition coefficient (Wildman–Crippen LogP) is 3.19. The summed E-state index contributed by atoms with van der Waals surface area (Å²) >= 11 is 7.54. The lowest BCUT2D eigenvalue weighted by Gasteiger charge is -2.20. The van der Waals surface area contributed by atoms with Crippen molar-refractivity contribution in [1.29, 1.82) is 0 Å². The average Bonchev–Trinajstić information content (AvgIpc) is 2.46. The Morgan fingerprint density at radius 1 is 1.38 bits per heavy atom. The van der Waals surface area contributed by atoms with E-state index in [0.717, 1.165) is 11.3 Å². The molecule has 1 rings (SSSR count). The summed E-state index contributed by atoms with van der Waals surface area (Å²) in [5, 5.41) is 3.37. The van der Waals surface area contributed by atoms with E-state index in [2.05, 4.69) is 5.32 Å². The quantitative estimate of drug-likeness (QED) is 0.836. The molecule has 2 amide bonds. The number of halogens is 1. The van der Waals surface area contributed by atoms with Gasteiger partial charge in [0.1, 0.15) is 0 Å². The first-order valence-electron chi connectivity index (χ1n) is 6.80. The maximum Gasteiger partial charge on any atom is 0.244 e. The fraction of sp³-hybridized carbons (Fsp3) is 0.467. The standard InChI is InChI=1S/C15H21ClN2O2S/c1-4-18(15(20)7-8-21-3)10-14(19)17-13-9-12(16)6-5-11(13)2/h5-6,9H,4,7-8,10H2,1-3H3,(H,17,19). The molecule has 0 atom stereocenters. The molecule has 0 aliphatic heterocycles. The fourth-order valence-electron chi connectivity index (χ4n) is 1.82. The Balaban J connectivity index is 2.62. The Morgan fingerprint density at radius 2 is 2.10 bits per heavy atom. The highest BCUT2D eigenvalue weighted by Crippen LogP contribution is 2.20. The van der Waals surface area contributed by atoms with Crippen molar-refractivity contribution < 1.29 is 9.59 Å². The van der Waals surface area contributed by atoms with Crippen LogP contribution in [0, 0.1) is 6.92 Å². The molecule has 4 nitrogen and oxygen atoms in total. The summed E-state index contributed by atoms with van der Waals surface area (Å²) in [6, 6.07) is 5.33. The average molecular weight is 329 g/mol. The van der Waals surface area contributed by atoms with Crippen LogP contribution in [0.2, 0.25) is 5.02 Å². The van der Waals surface area contributed by atoms with Crippen molar-refractivity contribution in [2.75, 3.05) is 30.4 Å². The number of carbonyl (C=O) groups excluding carboxylic acids is 2. The largest absolute Gasteiger partial charge is 0.334 e. The van der Waals surface area contributed by atoms with Gasteiger partial charge in [-0.1, -0.05) is 17.7 Å². The van der Waals surface area contributed by atoms with Gasteiger partial charge >= 0.3 is 0 Å². The van der Waals surface area contributed by atoms with Gasteiger partial charge in [-0.25, -0.2) is 0 Å². The number of carbonyl (C=O) groups is 2. The van der Waals surface area contributed by atoms with Crippen molar-refractivity contribution in [1.82, 2.24) is 4.90 Å². The highest BCUT2D eigenvalue weighted by Gasteiger charge is 2.15. The van der Waals surface area contributed by atoms with Gasteiger partial charge in [-0.15, -0.1) is 0 Å². The lowest BCUT2D eigenvalue weighted by atomic mass is 10.2. The van der Waals surface area contributed by atoms with Gasteiger partial charge in [0.25, 0.3) is 0 Å². The van der Waals surface area contributed by atoms with E-state index in [1.807, 2.05) is 26.2 Å². The number of likely N-dealkylation sites (N-methyl/N-ethyl adjacent to an activating group) is 1. The van der Waals surface area contributed by atoms with Gasteiger partial charge in [-0.2, -0.15) is 11.8 Å². The van der Waals surface area contributed by atoms with Crippen LogP contribution in [0.5, 0.6) is 0 Å². The van der Waals surface area contributed by atoms with Crippen molar-refractivity contribution in [3.05, 3.63) is 28.8 Å². The van der Waals surface area contributed by atoms with Crippen molar-refractivity contribution in [2.45, 2.75) is 20.3 Å². The third-order valence-corrected chi connectivity index (χ3v) is 3.91. The molecular weight excluding hydrogens is 308 g/mol. The van der Waals surface area contributed by atoms with Crippen LogP contribution < -0.4 is 5.32 Å². The number of anilines is 1. The van der Waals surface area contributed by atoms with Crippen LogP contribution in [0.15, 0.2) is 18.2 Å². The molecule has 0 saturated heterocycles. The molecule has 0 aromatic heterocycles. The summed E-state index contributed by atoms with van der Waals surface area (Å²) in [7, 11) is 0. The molecule has 0 radical (unpaired) electrons. The molecular formula is C15H21ClN2O2S. The van der Waals surface area contributed by atoms with Gasteiger partial charge in [0.05, 0.1) is 6.54 Å². The molecule has 6 heteroatoms. The van der Waals surface area contributed by atoms with Crippen molar-refractivity contribution in [2.24, 2.45) is 0 Å². The minimum absolute atomic E-state index is 0.00446. The lowest BCUT2D eigenvalue weighted by molar-refractivity contribution is -0.134. The van der Waals surface area contributed by atoms with Gasteiger partial charge in [0.2, 0.25) is 11.8 Å². The third kappa shape index (κ3) is 5.98. The minimum atomic E-state index is -0.209. The van der Waals surface area contributed by atoms with Crippen LogP contribution in [0.25, 0.3) is 0 Å². The summed E-state index contributed by atoms with van der Waals surface area (Å²) in [5.41, 5.74) is 1.62. The number of hydrogen-bond acceptors (Lipinski definition) is 3. The smallest absolute Gasteiger partial charge is 0.244 e. The molecule has 1 N–H and O–H groups in total. The molecule has 0 aliphatic rings. The predicted molar refractivity (Wildman–Crippen MR) is 90.1 cm³/mol. The highest BCUT2D eigenvalue weighted by molar-refractivity contribution is 7.98. The number of nitrogens with zero attached hydrogens (tertiary/aromatic N) is 1. The molecule has 21 heavy (non-hydrogen) atoms. The molecule has 0 saturated carbocycles. The SMILES string of the molecule is CCN(CC(=O)Nc1cc(Cl)ccc1C)C(=O)CCSC. The lowest BCUT2D eigenvalue weighted by Crippen LogP contribution is -2.38. The zero-order chi connectivity index (χ0) is 15.8. The summed E-state index contributed by atoms with van der Waals surface area (Å²) < 4.78 is 0. The van der Waals surface area contributed by atoms with E-state index in [4.69, 9.17) is 11.6 Å². The molecule has 1 aromatic carbocycles. The Hall–Kier alpha value is -1.20. The van der Waals surface area contributed by atoms with E-state index < -0.39 is 0 Å². The second-order valence-electron chi connectivity index (χ2n) is 4.66. The van der Waals surface area contributed by atoms with Gasteiger partial charge in [0.15, 0.2) is 0 Å². The van der Waals surface area contributed by atoms with E-state index in [9.17, 15) is 9.59 Å². The number of benzene rings is 1. The third-order valence-electron chi connectivity index (χ3n) is 3.06. The summed E-state index contributed by atoms with van der Waals surface area (Å²) in [4.78, 5) is 25.6. The van der Waals surface area contributed by atoms with Crippen molar-refractivity contribution >= 4 is 40.9 Å². The molecule has 0 spiro atoms. The van der Waals surface area contributed by atoms with Gasteiger partial charge < -0.3 is 10.2 Å². The van der Waals surface area contributed by atoms with E-state index in [-0.39, 0.29) is 18.4 Å². The Labute approximate surface area is 135 Å². The van der Waals surface area contributed by atoms with Gasteiger partial charge in [-0.05, 0) is 37.8 Å². The number of hydrogen-bond donors (Lipinski definition) is 1. The van der Waals surface area contributed by atoms with Crippen molar-refractivity contribution in [3.8, 4) is 0 Å². The number of rotatable bonds is 7. The van der Waals surface area contributed by atoms with Crippen LogP contribution >= 0.6 is 23.4 Å². The minimum Gasteiger partial charge on any atom is -0.334 e. The maximum absolute atomic E-state index is 12.1. The number of nitrogens with one attached hydrogen (secondary N) is 1. The first kappa shape index (κ1) is 17.9. The Bertz CT molecular complexity index is 508. The van der Waals surface area contributed by atoms with E-state index in [1.165, 1.54) is 0 Å². The molecule has 0 unspecified atom stereocenters. The number of amides is 2. The first-order chi connectivity index (χ1) is 9.97. The van der Waals surface area contributed by atoms with E-state index in [0.29, 0.717) is 23.7 Å². The molecule has 1 aromatic rings. The first-order valence-corrected chi connectivity index (χ1v) is 8.57. The zero-order valence-corrected chi connectivity index (χ0v) is 14.2. The van der Waals surface area contributed by atoms with Crippen LogP contribution in [-0.4, -0.2) is 41.8 Å². The van der Waals surface area contributed by atoms with Crippen LogP contribution in [0.1, 0.15) is 18.9 Å². The van der Waals surface area contributed by atoms with Gasteiger partial charge in [-0.3, -0.25) is 9.59 Å². The van der Waals surface area contributed by atoms with Crippen LogP contribution in [0.3, 0.4) is 0 Å². The monoisotopic (exact) mass is 328 g/mol. The second kappa shape index (κ2) is 8.95. The summed E-state index contributed by atoms with van der Waals surface area (Å²) in [6.07, 6.45) is 2.41. The molecule has 0 bridgehead atoms. The molecule has 0 aliphatic carbocycles. The van der Waals surface area contributed by atoms with E-state index in [1.54, 1.807) is 28.8 Å². The van der Waals surface area contributed by atoms with Crippen LogP contribution in [0.4, 0.5) is 5.69 Å². The summed E-state index contributed by atoms with van der Waals surface area (Å²) in [6.45, 7) is 4.35.